The average molecular weight is 475 g/mol. The Bertz CT molecular complexity index is 1160. The maximum atomic E-state index is 12.3. The van der Waals surface area contributed by atoms with Crippen molar-refractivity contribution >= 4 is 67.5 Å². The monoisotopic (exact) mass is 474 g/mol. The van der Waals surface area contributed by atoms with E-state index < -0.39 is 0 Å². The van der Waals surface area contributed by atoms with Gasteiger partial charge in [-0.25, -0.2) is 4.98 Å². The highest BCUT2D eigenvalue weighted by Gasteiger charge is 2.11. The predicted octanol–water partition coefficient (Wildman–Crippen LogP) is 5.49. The summed E-state index contributed by atoms with van der Waals surface area (Å²) >= 11 is 6.00. The first kappa shape index (κ1) is 21.1. The Balaban J connectivity index is 1.26. The van der Waals surface area contributed by atoms with Crippen molar-refractivity contribution in [1.82, 2.24) is 15.2 Å². The number of nitrogens with one attached hydrogen (secondary N) is 1. The van der Waals surface area contributed by atoms with E-state index in [2.05, 4.69) is 26.6 Å². The Morgan fingerprint density at radius 1 is 1.07 bits per heavy atom. The van der Waals surface area contributed by atoms with Crippen molar-refractivity contribution in [3.63, 3.8) is 0 Å². The highest BCUT2D eigenvalue weighted by molar-refractivity contribution is 8.03. The second-order valence-corrected chi connectivity index (χ2v) is 10.8. The molecule has 30 heavy (non-hydrogen) atoms. The molecule has 1 amide bonds. The first-order chi connectivity index (χ1) is 14.6. The minimum absolute atomic E-state index is 0.0987. The number of amides is 1. The van der Waals surface area contributed by atoms with Crippen molar-refractivity contribution in [3.8, 4) is 5.75 Å². The molecular weight excluding hydrogens is 457 g/mol. The van der Waals surface area contributed by atoms with Crippen LogP contribution in [0.25, 0.3) is 10.2 Å². The van der Waals surface area contributed by atoms with Crippen LogP contribution < -0.4 is 10.1 Å². The Morgan fingerprint density at radius 3 is 2.60 bits per heavy atom. The normalized spacial score (nSPS) is 11.0. The third kappa shape index (κ3) is 5.51. The summed E-state index contributed by atoms with van der Waals surface area (Å²) in [7, 11) is 1.66. The summed E-state index contributed by atoms with van der Waals surface area (Å²) < 4.78 is 7.91. The third-order valence-corrected chi connectivity index (χ3v) is 8.22. The number of benzene rings is 2. The molecule has 0 saturated heterocycles. The van der Waals surface area contributed by atoms with Crippen molar-refractivity contribution in [2.75, 3.05) is 18.2 Å². The van der Waals surface area contributed by atoms with Crippen LogP contribution >= 0.6 is 46.2 Å². The van der Waals surface area contributed by atoms with E-state index in [0.29, 0.717) is 5.13 Å². The molecule has 0 aliphatic rings. The van der Waals surface area contributed by atoms with Crippen LogP contribution in [0, 0.1) is 6.92 Å². The minimum Gasteiger partial charge on any atom is -0.497 e. The summed E-state index contributed by atoms with van der Waals surface area (Å²) in [5.41, 5.74) is 3.27. The van der Waals surface area contributed by atoms with Crippen LogP contribution in [0.15, 0.2) is 51.1 Å². The smallest absolute Gasteiger partial charge is 0.236 e. The first-order valence-corrected chi connectivity index (χ1v) is 12.6. The topological polar surface area (TPSA) is 77.0 Å². The molecule has 0 aliphatic carbocycles. The lowest BCUT2D eigenvalue weighted by Gasteiger charge is -2.01. The fraction of sp³-hybridized carbons (Fsp3) is 0.200. The molecule has 0 bridgehead atoms. The number of aromatic nitrogens is 3. The predicted molar refractivity (Wildman–Crippen MR) is 126 cm³/mol. The van der Waals surface area contributed by atoms with Crippen molar-refractivity contribution in [2.24, 2.45) is 0 Å². The van der Waals surface area contributed by atoms with Gasteiger partial charge >= 0.3 is 0 Å². The van der Waals surface area contributed by atoms with Crippen molar-refractivity contribution in [1.29, 1.82) is 0 Å². The van der Waals surface area contributed by atoms with Crippen LogP contribution in [0.3, 0.4) is 0 Å². The summed E-state index contributed by atoms with van der Waals surface area (Å²) in [6.45, 7) is 2.04. The summed E-state index contributed by atoms with van der Waals surface area (Å²) in [5, 5.41) is 11.9. The molecule has 0 aliphatic heterocycles. The largest absolute Gasteiger partial charge is 0.497 e. The molecule has 4 aromatic rings. The van der Waals surface area contributed by atoms with Gasteiger partial charge in [-0.2, -0.15) is 0 Å². The quantitative estimate of drug-likeness (QED) is 0.338. The molecule has 154 valence electrons. The van der Waals surface area contributed by atoms with Gasteiger partial charge in [-0.15, -0.1) is 10.2 Å². The van der Waals surface area contributed by atoms with E-state index in [9.17, 15) is 4.79 Å². The zero-order valence-corrected chi connectivity index (χ0v) is 19.5. The molecular formula is C20H18N4O2S4. The maximum Gasteiger partial charge on any atom is 0.236 e. The number of anilines is 1. The van der Waals surface area contributed by atoms with E-state index >= 15 is 0 Å². The third-order valence-electron chi connectivity index (χ3n) is 4.03. The number of thioether (sulfide) groups is 2. The molecule has 0 atom stereocenters. The number of rotatable bonds is 8. The van der Waals surface area contributed by atoms with Gasteiger partial charge in [0, 0.05) is 5.75 Å². The number of carbonyl (C=O) groups excluding carboxylic acids is 1. The SMILES string of the molecule is COc1ccc(CSc2nnc(SCC(=O)Nc3nc4ccc(C)cc4s3)s2)cc1. The summed E-state index contributed by atoms with van der Waals surface area (Å²) in [5.74, 6) is 1.82. The van der Waals surface area contributed by atoms with Gasteiger partial charge in [0.05, 0.1) is 23.1 Å². The van der Waals surface area contributed by atoms with Crippen LogP contribution in [0.2, 0.25) is 0 Å². The number of methoxy groups -OCH3 is 1. The minimum atomic E-state index is -0.0987. The number of nitrogens with zero attached hydrogens (tertiary/aromatic N) is 3. The van der Waals surface area contributed by atoms with Gasteiger partial charge in [0.2, 0.25) is 5.91 Å². The molecule has 0 radical (unpaired) electrons. The second kappa shape index (κ2) is 9.78. The molecule has 6 nitrogen and oxygen atoms in total. The summed E-state index contributed by atoms with van der Waals surface area (Å²) in [4.78, 5) is 16.7. The van der Waals surface area contributed by atoms with Gasteiger partial charge in [-0.3, -0.25) is 4.79 Å². The maximum absolute atomic E-state index is 12.3. The van der Waals surface area contributed by atoms with Gasteiger partial charge in [0.25, 0.3) is 0 Å². The molecule has 10 heteroatoms. The van der Waals surface area contributed by atoms with Gasteiger partial charge in [-0.1, -0.05) is 64.4 Å². The Morgan fingerprint density at radius 2 is 1.83 bits per heavy atom. The van der Waals surface area contributed by atoms with E-state index in [0.717, 1.165) is 30.4 Å². The summed E-state index contributed by atoms with van der Waals surface area (Å²) in [6.07, 6.45) is 0. The van der Waals surface area contributed by atoms with Gasteiger partial charge in [0.1, 0.15) is 5.75 Å². The number of hydrogen-bond donors (Lipinski definition) is 1. The van der Waals surface area contributed by atoms with Crippen LogP contribution in [-0.2, 0) is 10.5 Å². The second-order valence-electron chi connectivity index (χ2n) is 6.30. The number of carbonyl (C=O) groups is 1. The van der Waals surface area contributed by atoms with Gasteiger partial charge in [-0.05, 0) is 42.3 Å². The first-order valence-electron chi connectivity index (χ1n) is 8.98. The zero-order chi connectivity index (χ0) is 20.9. The zero-order valence-electron chi connectivity index (χ0n) is 16.2. The average Bonchev–Trinajstić information content (AvgIpc) is 3.37. The van der Waals surface area contributed by atoms with Crippen molar-refractivity contribution in [3.05, 3.63) is 53.6 Å². The summed E-state index contributed by atoms with van der Waals surface area (Å²) in [6, 6.07) is 14.0. The van der Waals surface area contributed by atoms with E-state index in [-0.39, 0.29) is 11.7 Å². The molecule has 0 spiro atoms. The van der Waals surface area contributed by atoms with Gasteiger partial charge < -0.3 is 10.1 Å². The lowest BCUT2D eigenvalue weighted by Crippen LogP contribution is -2.13. The number of aryl methyl sites for hydroxylation is 1. The van der Waals surface area contributed by atoms with E-state index in [1.807, 2.05) is 43.3 Å². The molecule has 1 N–H and O–H groups in total. The Hall–Kier alpha value is -2.14. The van der Waals surface area contributed by atoms with Gasteiger partial charge in [0.15, 0.2) is 13.8 Å². The van der Waals surface area contributed by atoms with E-state index in [4.69, 9.17) is 4.74 Å². The van der Waals surface area contributed by atoms with Crippen LogP contribution in [0.4, 0.5) is 5.13 Å². The molecule has 4 rings (SSSR count). The molecule has 2 aromatic carbocycles. The molecule has 0 fully saturated rings. The fourth-order valence-electron chi connectivity index (χ4n) is 2.55. The standard InChI is InChI=1S/C20H18N4O2S4/c1-12-3-8-15-16(9-12)29-18(21-15)22-17(25)11-28-20-24-23-19(30-20)27-10-13-4-6-14(26-2)7-5-13/h3-9H,10-11H2,1-2H3,(H,21,22,25). The highest BCUT2D eigenvalue weighted by atomic mass is 32.2. The molecule has 2 heterocycles. The number of ether oxygens (including phenoxy) is 1. The van der Waals surface area contributed by atoms with Crippen molar-refractivity contribution in [2.45, 2.75) is 21.4 Å². The number of fused-ring (bicyclic) bond motifs is 1. The molecule has 2 aromatic heterocycles. The number of thiazole rings is 1. The van der Waals surface area contributed by atoms with E-state index in [1.54, 1.807) is 18.9 Å². The van der Waals surface area contributed by atoms with Crippen LogP contribution in [0.5, 0.6) is 5.75 Å². The lowest BCUT2D eigenvalue weighted by molar-refractivity contribution is -0.113. The number of hydrogen-bond acceptors (Lipinski definition) is 9. The Kier molecular flexibility index (Phi) is 6.88. The van der Waals surface area contributed by atoms with Crippen LogP contribution in [-0.4, -0.2) is 34.0 Å². The fourth-order valence-corrected chi connectivity index (χ4v) is 6.30. The highest BCUT2D eigenvalue weighted by Crippen LogP contribution is 2.31. The van der Waals surface area contributed by atoms with Crippen LogP contribution in [0.1, 0.15) is 11.1 Å². The lowest BCUT2D eigenvalue weighted by atomic mass is 10.2. The molecule has 0 saturated carbocycles. The van der Waals surface area contributed by atoms with E-state index in [1.165, 1.54) is 45.6 Å². The Labute approximate surface area is 190 Å². The molecule has 0 unspecified atom stereocenters. The van der Waals surface area contributed by atoms with Crippen molar-refractivity contribution < 1.29 is 9.53 Å².